The monoisotopic (exact) mass is 712 g/mol. The number of hydrogen-bond donors (Lipinski definition) is 0. The normalized spacial score (nSPS) is 19.7. The van der Waals surface area contributed by atoms with E-state index in [-0.39, 0.29) is 18.3 Å². The number of unbranched alkanes of at least 4 members (excludes halogenated alkanes) is 12. The van der Waals surface area contributed by atoms with Crippen molar-refractivity contribution in [3.63, 3.8) is 0 Å². The fourth-order valence-corrected chi connectivity index (χ4v) is 7.91. The van der Waals surface area contributed by atoms with E-state index in [1.807, 2.05) is 19.1 Å². The molecule has 2 atom stereocenters. The van der Waals surface area contributed by atoms with E-state index in [2.05, 4.69) is 31.2 Å². The number of halogens is 3. The minimum absolute atomic E-state index is 0.129. The number of hydrogen-bond acceptors (Lipinski definition) is 4. The Morgan fingerprint density at radius 3 is 1.92 bits per heavy atom. The van der Waals surface area contributed by atoms with Crippen LogP contribution in [-0.4, -0.2) is 24.2 Å². The largest absolute Gasteiger partial charge is 0.452 e. The maximum Gasteiger partial charge on any atom is 0.425 e. The summed E-state index contributed by atoms with van der Waals surface area (Å²) in [5.74, 6) is -0.752. The summed E-state index contributed by atoms with van der Waals surface area (Å²) in [4.78, 5) is 25.9. The first-order valence-corrected chi connectivity index (χ1v) is 20.4. The molecule has 0 amide bonds. The molecule has 0 aliphatic heterocycles. The number of rotatable bonds is 21. The molecule has 0 spiro atoms. The molecule has 7 heteroatoms. The first-order chi connectivity index (χ1) is 24.7. The van der Waals surface area contributed by atoms with Gasteiger partial charge in [-0.15, -0.1) is 0 Å². The first kappa shape index (κ1) is 40.9. The Labute approximate surface area is 305 Å². The van der Waals surface area contributed by atoms with Crippen LogP contribution in [0, 0.1) is 11.8 Å². The summed E-state index contributed by atoms with van der Waals surface area (Å²) in [6.07, 6.45) is 15.5. The van der Waals surface area contributed by atoms with Crippen molar-refractivity contribution in [2.75, 3.05) is 0 Å². The molecule has 0 saturated heterocycles. The van der Waals surface area contributed by atoms with Crippen molar-refractivity contribution in [1.29, 1.82) is 0 Å². The van der Waals surface area contributed by atoms with Gasteiger partial charge in [-0.05, 0) is 111 Å². The number of esters is 2. The van der Waals surface area contributed by atoms with E-state index >= 15 is 0 Å². The zero-order chi connectivity index (χ0) is 36.5. The van der Waals surface area contributed by atoms with Crippen molar-refractivity contribution in [1.82, 2.24) is 0 Å². The maximum absolute atomic E-state index is 13.6. The average molecular weight is 713 g/mol. The molecule has 1 saturated carbocycles. The Morgan fingerprint density at radius 1 is 0.686 bits per heavy atom. The average Bonchev–Trinajstić information content (AvgIpc) is 3.13. The second-order valence-electron chi connectivity index (χ2n) is 15.3. The van der Waals surface area contributed by atoms with Crippen molar-refractivity contribution < 1.29 is 32.2 Å². The molecule has 2 aliphatic rings. The predicted molar refractivity (Wildman–Crippen MR) is 199 cm³/mol. The second kappa shape index (κ2) is 21.6. The van der Waals surface area contributed by atoms with Crippen LogP contribution in [-0.2, 0) is 33.6 Å². The van der Waals surface area contributed by atoms with Gasteiger partial charge in [-0.1, -0.05) is 121 Å². The second-order valence-corrected chi connectivity index (χ2v) is 15.3. The molecule has 284 valence electrons. The molecule has 4 rings (SSSR count). The summed E-state index contributed by atoms with van der Waals surface area (Å²) in [6.45, 7) is 4.27. The first-order valence-electron chi connectivity index (χ1n) is 20.4. The third-order valence-corrected chi connectivity index (χ3v) is 11.2. The van der Waals surface area contributed by atoms with Gasteiger partial charge in [0, 0.05) is 0 Å². The lowest BCUT2D eigenvalue weighted by atomic mass is 9.78. The molecule has 0 heterocycles. The summed E-state index contributed by atoms with van der Waals surface area (Å²) >= 11 is 0. The van der Waals surface area contributed by atoms with Gasteiger partial charge in [0.1, 0.15) is 5.75 Å². The van der Waals surface area contributed by atoms with Crippen LogP contribution in [0.25, 0.3) is 0 Å². The molecular formula is C44H63F3O4. The minimum Gasteiger partial charge on any atom is -0.452 e. The number of fused-ring (bicyclic) bond motifs is 1. The Morgan fingerprint density at radius 2 is 1.29 bits per heavy atom. The lowest BCUT2D eigenvalue weighted by molar-refractivity contribution is -0.225. The van der Waals surface area contributed by atoms with E-state index in [0.29, 0.717) is 43.8 Å². The van der Waals surface area contributed by atoms with Gasteiger partial charge in [0.05, 0.1) is 11.8 Å². The van der Waals surface area contributed by atoms with Gasteiger partial charge in [0.25, 0.3) is 0 Å². The number of carbonyl (C=O) groups is 2. The Bertz CT molecular complexity index is 1310. The van der Waals surface area contributed by atoms with Crippen LogP contribution in [0.4, 0.5) is 13.2 Å². The molecule has 2 aliphatic carbocycles. The molecule has 0 aromatic heterocycles. The molecule has 0 radical (unpaired) electrons. The van der Waals surface area contributed by atoms with Crippen LogP contribution in [0.2, 0.25) is 0 Å². The van der Waals surface area contributed by atoms with Gasteiger partial charge in [-0.25, -0.2) is 0 Å². The predicted octanol–water partition coefficient (Wildman–Crippen LogP) is 12.6. The number of benzene rings is 2. The van der Waals surface area contributed by atoms with Crippen molar-refractivity contribution in [2.45, 2.75) is 180 Å². The molecule has 0 N–H and O–H groups in total. The minimum atomic E-state index is -4.57. The highest BCUT2D eigenvalue weighted by Gasteiger charge is 2.43. The third-order valence-electron chi connectivity index (χ3n) is 11.2. The highest BCUT2D eigenvalue weighted by Crippen LogP contribution is 2.37. The number of carbonyl (C=O) groups excluding carboxylic acids is 2. The summed E-state index contributed by atoms with van der Waals surface area (Å²) in [6, 6.07) is 14.6. The molecular weight excluding hydrogens is 649 g/mol. The van der Waals surface area contributed by atoms with Crippen molar-refractivity contribution >= 4 is 11.9 Å². The maximum atomic E-state index is 13.6. The van der Waals surface area contributed by atoms with E-state index in [4.69, 9.17) is 9.47 Å². The zero-order valence-corrected chi connectivity index (χ0v) is 31.4. The fourth-order valence-electron chi connectivity index (χ4n) is 7.91. The summed E-state index contributed by atoms with van der Waals surface area (Å²) in [7, 11) is 0. The molecule has 1 fully saturated rings. The van der Waals surface area contributed by atoms with Gasteiger partial charge in [-0.3, -0.25) is 9.59 Å². The quantitative estimate of drug-likeness (QED) is 0.0734. The number of ether oxygens (including phenoxy) is 2. The zero-order valence-electron chi connectivity index (χ0n) is 31.4. The van der Waals surface area contributed by atoms with Gasteiger partial charge in [0.2, 0.25) is 0 Å². The van der Waals surface area contributed by atoms with E-state index in [9.17, 15) is 22.8 Å². The Balaban J connectivity index is 1.15. The van der Waals surface area contributed by atoms with Crippen LogP contribution in [0.1, 0.15) is 170 Å². The number of aryl methyl sites for hydroxylation is 2. The standard InChI is InChI=1S/C44H63F3O4/c1-3-5-7-9-10-11-12-13-14-15-17-33-19-21-34(22-20-33)35-23-25-36(26-24-35)42(48)50-40-30-29-37-31-39(28-27-38(37)32-40)43(49)51-41(44(45,46)47)18-16-8-6-4-2/h19-22,29-30,32,35-36,39,41H,3-18,23-28,31H2,1-2H3/t35?,36?,39?,41-/m1/s1. The van der Waals surface area contributed by atoms with Crippen LogP contribution in [0.3, 0.4) is 0 Å². The molecule has 4 nitrogen and oxygen atoms in total. The van der Waals surface area contributed by atoms with Gasteiger partial charge < -0.3 is 9.47 Å². The smallest absolute Gasteiger partial charge is 0.425 e. The Kier molecular flexibility index (Phi) is 17.4. The lowest BCUT2D eigenvalue weighted by Crippen LogP contribution is -2.37. The summed E-state index contributed by atoms with van der Waals surface area (Å²) in [5.41, 5.74) is 4.65. The van der Waals surface area contributed by atoms with E-state index < -0.39 is 24.2 Å². The van der Waals surface area contributed by atoms with Gasteiger partial charge >= 0.3 is 18.1 Å². The van der Waals surface area contributed by atoms with Crippen molar-refractivity contribution in [3.8, 4) is 5.75 Å². The van der Waals surface area contributed by atoms with Crippen molar-refractivity contribution in [3.05, 3.63) is 64.7 Å². The topological polar surface area (TPSA) is 52.6 Å². The van der Waals surface area contributed by atoms with E-state index in [1.54, 1.807) is 6.07 Å². The lowest BCUT2D eigenvalue weighted by Gasteiger charge is -2.28. The van der Waals surface area contributed by atoms with Gasteiger partial charge in [-0.2, -0.15) is 13.2 Å². The van der Waals surface area contributed by atoms with E-state index in [1.165, 1.54) is 75.3 Å². The molecule has 2 aromatic carbocycles. The van der Waals surface area contributed by atoms with Crippen LogP contribution in [0.5, 0.6) is 5.75 Å². The molecule has 2 aromatic rings. The highest BCUT2D eigenvalue weighted by molar-refractivity contribution is 5.76. The number of alkyl halides is 3. The fraction of sp³-hybridized carbons (Fsp3) is 0.682. The van der Waals surface area contributed by atoms with Crippen molar-refractivity contribution in [2.24, 2.45) is 11.8 Å². The van der Waals surface area contributed by atoms with Crippen LogP contribution in [0.15, 0.2) is 42.5 Å². The molecule has 0 bridgehead atoms. The van der Waals surface area contributed by atoms with E-state index in [0.717, 1.165) is 56.1 Å². The van der Waals surface area contributed by atoms with Gasteiger partial charge in [0.15, 0.2) is 6.10 Å². The third kappa shape index (κ3) is 13.9. The molecule has 51 heavy (non-hydrogen) atoms. The van der Waals surface area contributed by atoms with Crippen LogP contribution >= 0.6 is 0 Å². The SMILES string of the molecule is CCCCCCCCCCCCc1ccc(C2CCC(C(=O)Oc3ccc4c(c3)CCC(C(=O)O[C@H](CCCCCC)C(F)(F)F)C4)CC2)cc1. The van der Waals surface area contributed by atoms with Crippen LogP contribution < -0.4 is 4.74 Å². The highest BCUT2D eigenvalue weighted by atomic mass is 19.4. The summed E-state index contributed by atoms with van der Waals surface area (Å²) in [5, 5.41) is 0. The molecule has 1 unspecified atom stereocenters. The summed E-state index contributed by atoms with van der Waals surface area (Å²) < 4.78 is 51.6. The Hall–Kier alpha value is -2.83.